The molecular weight excluding hydrogens is 269 g/mol. The highest BCUT2D eigenvalue weighted by Gasteiger charge is 2.46. The van der Waals surface area contributed by atoms with Gasteiger partial charge in [0.25, 0.3) is 0 Å². The largest absolute Gasteiger partial charge is 0.365 e. The van der Waals surface area contributed by atoms with Crippen LogP contribution >= 0.6 is 0 Å². The molecule has 1 aromatic rings. The van der Waals surface area contributed by atoms with E-state index in [1.165, 1.54) is 19.2 Å². The first kappa shape index (κ1) is 14.7. The quantitative estimate of drug-likeness (QED) is 0.840. The van der Waals surface area contributed by atoms with E-state index in [-0.39, 0.29) is 17.0 Å². The van der Waals surface area contributed by atoms with Crippen LogP contribution < -0.4 is 4.90 Å². The number of rotatable bonds is 2. The highest BCUT2D eigenvalue weighted by molar-refractivity contribution is 5.43. The van der Waals surface area contributed by atoms with E-state index in [4.69, 9.17) is 4.74 Å². The standard InChI is InChI=1S/C16H24FN3O/c1-4-12-13(17)14(19-11-18-12)20-9-15(2,3)21-16(10-20)7-5-6-8-16/h11H,4-10H2,1-3H3. The van der Waals surface area contributed by atoms with E-state index >= 15 is 0 Å². The van der Waals surface area contributed by atoms with Gasteiger partial charge in [-0.2, -0.15) is 0 Å². The number of morpholine rings is 1. The molecule has 2 heterocycles. The highest BCUT2D eigenvalue weighted by atomic mass is 19.1. The normalized spacial score (nSPS) is 23.7. The number of hydrogen-bond donors (Lipinski definition) is 0. The molecule has 2 fully saturated rings. The number of aromatic nitrogens is 2. The monoisotopic (exact) mass is 293 g/mol. The summed E-state index contributed by atoms with van der Waals surface area (Å²) in [7, 11) is 0. The molecule has 0 radical (unpaired) electrons. The maximum Gasteiger partial charge on any atom is 0.187 e. The Morgan fingerprint density at radius 1 is 1.24 bits per heavy atom. The average Bonchev–Trinajstić information content (AvgIpc) is 2.84. The van der Waals surface area contributed by atoms with E-state index in [0.29, 0.717) is 24.5 Å². The van der Waals surface area contributed by atoms with Gasteiger partial charge in [0, 0.05) is 13.1 Å². The molecule has 1 saturated heterocycles. The third-order valence-corrected chi connectivity index (χ3v) is 4.54. The molecule has 0 bridgehead atoms. The third kappa shape index (κ3) is 2.76. The van der Waals surface area contributed by atoms with Crippen molar-refractivity contribution in [3.8, 4) is 0 Å². The zero-order valence-corrected chi connectivity index (χ0v) is 13.2. The lowest BCUT2D eigenvalue weighted by Crippen LogP contribution is -2.59. The van der Waals surface area contributed by atoms with Crippen molar-refractivity contribution in [1.82, 2.24) is 9.97 Å². The lowest BCUT2D eigenvalue weighted by atomic mass is 9.94. The Balaban J connectivity index is 1.94. The van der Waals surface area contributed by atoms with Gasteiger partial charge in [0.05, 0.1) is 16.9 Å². The van der Waals surface area contributed by atoms with Crippen LogP contribution in [0.15, 0.2) is 6.33 Å². The van der Waals surface area contributed by atoms with Gasteiger partial charge in [-0.15, -0.1) is 0 Å². The zero-order valence-electron chi connectivity index (χ0n) is 13.2. The van der Waals surface area contributed by atoms with Crippen LogP contribution in [0.3, 0.4) is 0 Å². The Kier molecular flexibility index (Phi) is 3.64. The first-order chi connectivity index (χ1) is 9.95. The van der Waals surface area contributed by atoms with Gasteiger partial charge in [0.15, 0.2) is 11.6 Å². The van der Waals surface area contributed by atoms with Crippen molar-refractivity contribution >= 4 is 5.82 Å². The van der Waals surface area contributed by atoms with Gasteiger partial charge in [-0.3, -0.25) is 0 Å². The molecule has 0 amide bonds. The molecule has 1 spiro atoms. The SMILES string of the molecule is CCc1ncnc(N2CC(C)(C)OC3(CCCC3)C2)c1F. The van der Waals surface area contributed by atoms with E-state index in [1.54, 1.807) is 0 Å². The molecule has 116 valence electrons. The molecule has 4 nitrogen and oxygen atoms in total. The van der Waals surface area contributed by atoms with Crippen LogP contribution in [0, 0.1) is 5.82 Å². The van der Waals surface area contributed by atoms with Crippen LogP contribution in [0.2, 0.25) is 0 Å². The summed E-state index contributed by atoms with van der Waals surface area (Å²) in [4.78, 5) is 10.3. The number of nitrogens with zero attached hydrogens (tertiary/aromatic N) is 3. The molecule has 0 N–H and O–H groups in total. The maximum atomic E-state index is 14.6. The lowest BCUT2D eigenvalue weighted by molar-refractivity contribution is -0.148. The molecule has 1 aliphatic carbocycles. The van der Waals surface area contributed by atoms with Crippen molar-refractivity contribution in [2.45, 2.75) is 64.1 Å². The molecule has 1 aromatic heterocycles. The Hall–Kier alpha value is -1.23. The van der Waals surface area contributed by atoms with E-state index < -0.39 is 0 Å². The van der Waals surface area contributed by atoms with E-state index in [2.05, 4.69) is 28.7 Å². The van der Waals surface area contributed by atoms with Crippen molar-refractivity contribution < 1.29 is 9.13 Å². The van der Waals surface area contributed by atoms with Gasteiger partial charge >= 0.3 is 0 Å². The van der Waals surface area contributed by atoms with Crippen molar-refractivity contribution in [3.63, 3.8) is 0 Å². The summed E-state index contributed by atoms with van der Waals surface area (Å²) in [6.07, 6.45) is 6.55. The summed E-state index contributed by atoms with van der Waals surface area (Å²) in [5.41, 5.74) is 0.0718. The summed E-state index contributed by atoms with van der Waals surface area (Å²) in [5.74, 6) is 0.162. The predicted octanol–water partition coefficient (Wildman–Crippen LogP) is 3.11. The molecule has 1 saturated carbocycles. The smallest absolute Gasteiger partial charge is 0.187 e. The van der Waals surface area contributed by atoms with E-state index in [9.17, 15) is 4.39 Å². The Morgan fingerprint density at radius 2 is 1.95 bits per heavy atom. The second kappa shape index (κ2) is 5.20. The minimum atomic E-state index is -0.285. The molecule has 3 rings (SSSR count). The zero-order chi connectivity index (χ0) is 15.1. The molecule has 0 aromatic carbocycles. The van der Waals surface area contributed by atoms with Crippen LogP contribution in [0.5, 0.6) is 0 Å². The van der Waals surface area contributed by atoms with Gasteiger partial charge in [0.2, 0.25) is 0 Å². The van der Waals surface area contributed by atoms with Gasteiger partial charge < -0.3 is 9.64 Å². The molecule has 2 aliphatic rings. The lowest BCUT2D eigenvalue weighted by Gasteiger charge is -2.49. The van der Waals surface area contributed by atoms with Gasteiger partial charge in [0.1, 0.15) is 6.33 Å². The maximum absolute atomic E-state index is 14.6. The Labute approximate surface area is 125 Å². The highest BCUT2D eigenvalue weighted by Crippen LogP contribution is 2.41. The van der Waals surface area contributed by atoms with Crippen LogP contribution in [-0.4, -0.2) is 34.3 Å². The molecule has 0 unspecified atom stereocenters. The summed E-state index contributed by atoms with van der Waals surface area (Å²) in [6, 6.07) is 0. The minimum Gasteiger partial charge on any atom is -0.365 e. The van der Waals surface area contributed by atoms with Crippen molar-refractivity contribution in [1.29, 1.82) is 0 Å². The Morgan fingerprint density at radius 3 is 2.62 bits per heavy atom. The van der Waals surface area contributed by atoms with Gasteiger partial charge in [-0.05, 0) is 33.1 Å². The molecule has 21 heavy (non-hydrogen) atoms. The Bertz CT molecular complexity index is 526. The second-order valence-electron chi connectivity index (χ2n) is 6.92. The molecular formula is C16H24FN3O. The number of aryl methyl sites for hydroxylation is 1. The number of halogens is 1. The number of anilines is 1. The van der Waals surface area contributed by atoms with Gasteiger partial charge in [-0.25, -0.2) is 14.4 Å². The van der Waals surface area contributed by atoms with Gasteiger partial charge in [-0.1, -0.05) is 19.8 Å². The predicted molar refractivity (Wildman–Crippen MR) is 79.9 cm³/mol. The first-order valence-corrected chi connectivity index (χ1v) is 7.89. The summed E-state index contributed by atoms with van der Waals surface area (Å²) in [6.45, 7) is 7.47. The first-order valence-electron chi connectivity index (χ1n) is 7.89. The van der Waals surface area contributed by atoms with Crippen LogP contribution in [0.1, 0.15) is 52.1 Å². The fraction of sp³-hybridized carbons (Fsp3) is 0.750. The average molecular weight is 293 g/mol. The van der Waals surface area contributed by atoms with E-state index in [0.717, 1.165) is 19.4 Å². The summed E-state index contributed by atoms with van der Waals surface area (Å²) < 4.78 is 20.9. The van der Waals surface area contributed by atoms with Crippen LogP contribution in [0.4, 0.5) is 10.2 Å². The topological polar surface area (TPSA) is 38.2 Å². The van der Waals surface area contributed by atoms with Crippen LogP contribution in [-0.2, 0) is 11.2 Å². The third-order valence-electron chi connectivity index (χ3n) is 4.54. The number of ether oxygens (including phenoxy) is 1. The minimum absolute atomic E-state index is 0.133. The molecule has 0 atom stereocenters. The molecule has 5 heteroatoms. The van der Waals surface area contributed by atoms with Crippen molar-refractivity contribution in [3.05, 3.63) is 17.8 Å². The van der Waals surface area contributed by atoms with E-state index in [1.807, 2.05) is 6.92 Å². The van der Waals surface area contributed by atoms with Crippen molar-refractivity contribution in [2.75, 3.05) is 18.0 Å². The fourth-order valence-electron chi connectivity index (χ4n) is 3.81. The van der Waals surface area contributed by atoms with Crippen LogP contribution in [0.25, 0.3) is 0 Å². The fourth-order valence-corrected chi connectivity index (χ4v) is 3.81. The summed E-state index contributed by atoms with van der Waals surface area (Å²) >= 11 is 0. The van der Waals surface area contributed by atoms with Crippen molar-refractivity contribution in [2.24, 2.45) is 0 Å². The number of hydrogen-bond acceptors (Lipinski definition) is 4. The second-order valence-corrected chi connectivity index (χ2v) is 6.92. The summed E-state index contributed by atoms with van der Waals surface area (Å²) in [5, 5.41) is 0. The molecule has 1 aliphatic heterocycles.